The summed E-state index contributed by atoms with van der Waals surface area (Å²) in [5.74, 6) is 0.0703. The first kappa shape index (κ1) is 19.9. The van der Waals surface area contributed by atoms with E-state index < -0.39 is 21.8 Å². The average molecular weight is 420 g/mol. The predicted molar refractivity (Wildman–Crippen MR) is 107 cm³/mol. The molecule has 0 bridgehead atoms. The summed E-state index contributed by atoms with van der Waals surface area (Å²) in [6.07, 6.45) is 3.33. The molecule has 9 heteroatoms. The Morgan fingerprint density at radius 2 is 1.97 bits per heavy atom. The Bertz CT molecular complexity index is 1190. The normalized spacial score (nSPS) is 19.1. The molecule has 1 aliphatic rings. The molecule has 1 aliphatic heterocycles. The largest absolute Gasteiger partial charge is 0.420 e. The van der Waals surface area contributed by atoms with E-state index in [0.29, 0.717) is 24.2 Å². The highest BCUT2D eigenvalue weighted by molar-refractivity contribution is 7.89. The number of hydrogen-bond donors (Lipinski definition) is 0. The van der Waals surface area contributed by atoms with Gasteiger partial charge in [0, 0.05) is 24.7 Å². The van der Waals surface area contributed by atoms with Gasteiger partial charge in [0.25, 0.3) is 0 Å². The summed E-state index contributed by atoms with van der Waals surface area (Å²) >= 11 is 0. The summed E-state index contributed by atoms with van der Waals surface area (Å²) in [7, 11) is -3.81. The van der Waals surface area contributed by atoms with Crippen molar-refractivity contribution in [2.45, 2.75) is 63.4 Å². The third kappa shape index (κ3) is 3.53. The van der Waals surface area contributed by atoms with Crippen molar-refractivity contribution < 1.29 is 17.4 Å². The Morgan fingerprint density at radius 3 is 2.66 bits per heavy atom. The lowest BCUT2D eigenvalue weighted by Gasteiger charge is -2.27. The fraction of sp³-hybridized carbons (Fsp3) is 0.500. The van der Waals surface area contributed by atoms with Crippen LogP contribution in [0.1, 0.15) is 63.1 Å². The molecule has 2 aromatic heterocycles. The standard InChI is InChI=1S/C20H25N3O5S/c1-13(2)23-17-9-8-15(12-18(17)27-20(23)24)29(25,26)22-10-6-4-5-7-16(22)19-11-14(3)21-28-19/h8-9,11-13,16H,4-7,10H2,1-3H3/t16-/m0/s1. The summed E-state index contributed by atoms with van der Waals surface area (Å²) in [5, 5.41) is 3.93. The second-order valence-electron chi connectivity index (χ2n) is 7.81. The van der Waals surface area contributed by atoms with E-state index in [1.165, 1.54) is 14.9 Å². The smallest absolute Gasteiger partial charge is 0.408 e. The zero-order chi connectivity index (χ0) is 20.8. The van der Waals surface area contributed by atoms with Crippen molar-refractivity contribution in [2.24, 2.45) is 0 Å². The van der Waals surface area contributed by atoms with E-state index >= 15 is 0 Å². The summed E-state index contributed by atoms with van der Waals surface area (Å²) in [5.41, 5.74) is 1.58. The van der Waals surface area contributed by atoms with Gasteiger partial charge < -0.3 is 8.94 Å². The van der Waals surface area contributed by atoms with Crippen LogP contribution in [-0.2, 0) is 10.0 Å². The number of benzene rings is 1. The Morgan fingerprint density at radius 1 is 1.17 bits per heavy atom. The predicted octanol–water partition coefficient (Wildman–Crippen LogP) is 3.78. The third-order valence-corrected chi connectivity index (χ3v) is 7.29. The van der Waals surface area contributed by atoms with Crippen molar-refractivity contribution in [3.05, 3.63) is 46.3 Å². The van der Waals surface area contributed by atoms with Crippen LogP contribution in [-0.4, -0.2) is 29.0 Å². The highest BCUT2D eigenvalue weighted by atomic mass is 32.2. The molecule has 1 fully saturated rings. The molecule has 156 valence electrons. The van der Waals surface area contributed by atoms with Crippen molar-refractivity contribution in [1.82, 2.24) is 14.0 Å². The number of rotatable bonds is 4. The summed E-state index contributed by atoms with van der Waals surface area (Å²) in [4.78, 5) is 12.3. The molecule has 1 aromatic carbocycles. The quantitative estimate of drug-likeness (QED) is 0.638. The van der Waals surface area contributed by atoms with Gasteiger partial charge in [-0.3, -0.25) is 4.57 Å². The average Bonchev–Trinajstić information content (AvgIpc) is 3.13. The molecular formula is C20H25N3O5S. The van der Waals surface area contributed by atoms with Gasteiger partial charge in [-0.05, 0) is 45.7 Å². The van der Waals surface area contributed by atoms with E-state index in [1.807, 2.05) is 20.8 Å². The van der Waals surface area contributed by atoms with Crippen molar-refractivity contribution in [2.75, 3.05) is 6.54 Å². The number of aryl methyl sites for hydroxylation is 1. The maximum atomic E-state index is 13.5. The highest BCUT2D eigenvalue weighted by Crippen LogP contribution is 2.35. The number of hydrogen-bond acceptors (Lipinski definition) is 6. The van der Waals surface area contributed by atoms with Crippen LogP contribution in [0.15, 0.2) is 42.9 Å². The maximum absolute atomic E-state index is 13.5. The van der Waals surface area contributed by atoms with Crippen LogP contribution in [0, 0.1) is 6.92 Å². The van der Waals surface area contributed by atoms with Gasteiger partial charge in [-0.2, -0.15) is 4.31 Å². The minimum atomic E-state index is -3.81. The number of nitrogens with zero attached hydrogens (tertiary/aromatic N) is 3. The lowest BCUT2D eigenvalue weighted by Crippen LogP contribution is -2.34. The second-order valence-corrected chi connectivity index (χ2v) is 9.70. The van der Waals surface area contributed by atoms with E-state index in [-0.39, 0.29) is 16.5 Å². The fourth-order valence-electron chi connectivity index (χ4n) is 4.00. The highest BCUT2D eigenvalue weighted by Gasteiger charge is 2.36. The molecule has 0 N–H and O–H groups in total. The monoisotopic (exact) mass is 419 g/mol. The van der Waals surface area contributed by atoms with Gasteiger partial charge in [0.05, 0.1) is 22.1 Å². The Labute approximate surface area is 169 Å². The van der Waals surface area contributed by atoms with Gasteiger partial charge >= 0.3 is 5.76 Å². The van der Waals surface area contributed by atoms with Gasteiger partial charge in [0.1, 0.15) is 0 Å². The molecule has 3 aromatic rings. The minimum Gasteiger partial charge on any atom is -0.408 e. The number of sulfonamides is 1. The van der Waals surface area contributed by atoms with Crippen LogP contribution in [0.5, 0.6) is 0 Å². The van der Waals surface area contributed by atoms with Crippen molar-refractivity contribution >= 4 is 21.1 Å². The van der Waals surface area contributed by atoms with Gasteiger partial charge in [-0.15, -0.1) is 0 Å². The first-order valence-corrected chi connectivity index (χ1v) is 11.3. The van der Waals surface area contributed by atoms with Crippen molar-refractivity contribution in [1.29, 1.82) is 0 Å². The second kappa shape index (κ2) is 7.46. The maximum Gasteiger partial charge on any atom is 0.420 e. The van der Waals surface area contributed by atoms with E-state index in [2.05, 4.69) is 5.16 Å². The zero-order valence-corrected chi connectivity index (χ0v) is 17.6. The van der Waals surface area contributed by atoms with Gasteiger partial charge in [0.2, 0.25) is 10.0 Å². The molecule has 0 amide bonds. The van der Waals surface area contributed by atoms with Crippen LogP contribution in [0.2, 0.25) is 0 Å². The minimum absolute atomic E-state index is 0.0871. The van der Waals surface area contributed by atoms with Crippen LogP contribution >= 0.6 is 0 Å². The number of oxazole rings is 1. The van der Waals surface area contributed by atoms with Crippen molar-refractivity contribution in [3.63, 3.8) is 0 Å². The molecule has 0 saturated carbocycles. The molecule has 4 rings (SSSR count). The molecule has 1 saturated heterocycles. The Balaban J connectivity index is 1.78. The molecule has 3 heterocycles. The molecule has 0 unspecified atom stereocenters. The summed E-state index contributed by atoms with van der Waals surface area (Å²) < 4.78 is 40.8. The van der Waals surface area contributed by atoms with Crippen LogP contribution in [0.4, 0.5) is 0 Å². The first-order chi connectivity index (χ1) is 13.8. The summed E-state index contributed by atoms with van der Waals surface area (Å²) in [6.45, 7) is 5.98. The third-order valence-electron chi connectivity index (χ3n) is 5.39. The molecule has 8 nitrogen and oxygen atoms in total. The van der Waals surface area contributed by atoms with Gasteiger partial charge in [-0.1, -0.05) is 18.0 Å². The Kier molecular flexibility index (Phi) is 5.12. The lowest BCUT2D eigenvalue weighted by atomic mass is 10.1. The summed E-state index contributed by atoms with van der Waals surface area (Å²) in [6, 6.07) is 5.93. The van der Waals surface area contributed by atoms with Gasteiger partial charge in [-0.25, -0.2) is 13.2 Å². The molecule has 1 atom stereocenters. The first-order valence-electron chi connectivity index (χ1n) is 9.89. The molecule has 0 radical (unpaired) electrons. The van der Waals surface area contributed by atoms with E-state index in [0.717, 1.165) is 25.0 Å². The molecular weight excluding hydrogens is 394 g/mol. The van der Waals surface area contributed by atoms with Crippen LogP contribution in [0.3, 0.4) is 0 Å². The Hall–Kier alpha value is -2.39. The number of aromatic nitrogens is 2. The zero-order valence-electron chi connectivity index (χ0n) is 16.8. The van der Waals surface area contributed by atoms with Gasteiger partial charge in [0.15, 0.2) is 11.3 Å². The van der Waals surface area contributed by atoms with E-state index in [9.17, 15) is 13.2 Å². The lowest BCUT2D eigenvalue weighted by molar-refractivity contribution is 0.258. The van der Waals surface area contributed by atoms with E-state index in [4.69, 9.17) is 8.94 Å². The van der Waals surface area contributed by atoms with Crippen LogP contribution in [0.25, 0.3) is 11.1 Å². The fourth-order valence-corrected chi connectivity index (χ4v) is 5.68. The van der Waals surface area contributed by atoms with Crippen molar-refractivity contribution in [3.8, 4) is 0 Å². The molecule has 0 aliphatic carbocycles. The number of fused-ring (bicyclic) bond motifs is 1. The SMILES string of the molecule is Cc1cc([C@@H]2CCCCCN2S(=O)(=O)c2ccc3c(c2)oc(=O)n3C(C)C)on1. The topological polar surface area (TPSA) is 98.6 Å². The molecule has 29 heavy (non-hydrogen) atoms. The van der Waals surface area contributed by atoms with Crippen LogP contribution < -0.4 is 5.76 Å². The molecule has 0 spiro atoms. The van der Waals surface area contributed by atoms with E-state index in [1.54, 1.807) is 18.2 Å².